The van der Waals surface area contributed by atoms with Gasteiger partial charge in [-0.15, -0.1) is 0 Å². The van der Waals surface area contributed by atoms with E-state index in [1.54, 1.807) is 12.1 Å². The second-order valence-corrected chi connectivity index (χ2v) is 2.61. The Morgan fingerprint density at radius 3 is 2.92 bits per heavy atom. The van der Waals surface area contributed by atoms with Crippen LogP contribution >= 0.6 is 0 Å². The fourth-order valence-electron chi connectivity index (χ4n) is 1.01. The maximum atomic E-state index is 12.6. The normalized spacial score (nSPS) is 9.62. The van der Waals surface area contributed by atoms with Crippen molar-refractivity contribution in [2.24, 2.45) is 0 Å². The van der Waals surface area contributed by atoms with E-state index in [0.717, 1.165) is 5.56 Å². The van der Waals surface area contributed by atoms with Crippen molar-refractivity contribution in [3.63, 3.8) is 0 Å². The molecule has 0 spiro atoms. The lowest BCUT2D eigenvalue weighted by Crippen LogP contribution is -2.23. The average Bonchev–Trinajstić information content (AvgIpc) is 2.03. The van der Waals surface area contributed by atoms with Crippen molar-refractivity contribution in [3.8, 4) is 0 Å². The Morgan fingerprint density at radius 1 is 1.54 bits per heavy atom. The van der Waals surface area contributed by atoms with Gasteiger partial charge in [-0.3, -0.25) is 0 Å². The van der Waals surface area contributed by atoms with Gasteiger partial charge in [0.2, 0.25) is 0 Å². The van der Waals surface area contributed by atoms with Crippen LogP contribution in [0.25, 0.3) is 0 Å². The summed E-state index contributed by atoms with van der Waals surface area (Å²) in [6.45, 7) is 0.304. The molecular formula is C9H10FNO2. The molecular weight excluding hydrogens is 173 g/mol. The van der Waals surface area contributed by atoms with Crippen molar-refractivity contribution in [2.45, 2.75) is 6.42 Å². The van der Waals surface area contributed by atoms with Gasteiger partial charge in [0.25, 0.3) is 0 Å². The second kappa shape index (κ2) is 4.45. The quantitative estimate of drug-likeness (QED) is 0.748. The van der Waals surface area contributed by atoms with Crippen LogP contribution in [0, 0.1) is 5.82 Å². The Morgan fingerprint density at radius 2 is 2.31 bits per heavy atom. The van der Waals surface area contributed by atoms with E-state index < -0.39 is 6.09 Å². The van der Waals surface area contributed by atoms with E-state index >= 15 is 0 Å². The summed E-state index contributed by atoms with van der Waals surface area (Å²) in [7, 11) is 0. The van der Waals surface area contributed by atoms with Gasteiger partial charge in [0.05, 0.1) is 0 Å². The first-order valence-electron chi connectivity index (χ1n) is 3.90. The van der Waals surface area contributed by atoms with Gasteiger partial charge in [0.1, 0.15) is 5.82 Å². The zero-order valence-corrected chi connectivity index (χ0v) is 6.96. The highest BCUT2D eigenvalue weighted by molar-refractivity contribution is 5.64. The molecule has 0 radical (unpaired) electrons. The van der Waals surface area contributed by atoms with Crippen LogP contribution in [0.3, 0.4) is 0 Å². The van der Waals surface area contributed by atoms with Crippen LogP contribution in [0.2, 0.25) is 0 Å². The first-order chi connectivity index (χ1) is 6.18. The molecule has 0 heterocycles. The molecule has 0 bridgehead atoms. The number of amides is 1. The van der Waals surface area contributed by atoms with Crippen LogP contribution in [-0.4, -0.2) is 17.7 Å². The number of carbonyl (C=O) groups is 1. The summed E-state index contributed by atoms with van der Waals surface area (Å²) < 4.78 is 12.6. The smallest absolute Gasteiger partial charge is 0.404 e. The average molecular weight is 183 g/mol. The van der Waals surface area contributed by atoms with Crippen molar-refractivity contribution in [1.82, 2.24) is 5.32 Å². The molecule has 70 valence electrons. The Hall–Kier alpha value is -1.58. The topological polar surface area (TPSA) is 49.3 Å². The van der Waals surface area contributed by atoms with E-state index in [1.807, 2.05) is 0 Å². The van der Waals surface area contributed by atoms with Crippen LogP contribution in [0.4, 0.5) is 9.18 Å². The van der Waals surface area contributed by atoms with Crippen molar-refractivity contribution >= 4 is 6.09 Å². The molecule has 0 aliphatic heterocycles. The van der Waals surface area contributed by atoms with Crippen LogP contribution in [0.5, 0.6) is 0 Å². The molecule has 0 fully saturated rings. The predicted molar refractivity (Wildman–Crippen MR) is 46.1 cm³/mol. The summed E-state index contributed by atoms with van der Waals surface area (Å²) in [4.78, 5) is 10.1. The summed E-state index contributed by atoms with van der Waals surface area (Å²) in [6, 6.07) is 6.11. The van der Waals surface area contributed by atoms with E-state index in [1.165, 1.54) is 12.1 Å². The Kier molecular flexibility index (Phi) is 3.25. The molecule has 4 heteroatoms. The van der Waals surface area contributed by atoms with Crippen molar-refractivity contribution in [2.75, 3.05) is 6.54 Å². The molecule has 1 aromatic carbocycles. The number of benzene rings is 1. The molecule has 1 rings (SSSR count). The van der Waals surface area contributed by atoms with Gasteiger partial charge in [-0.1, -0.05) is 12.1 Å². The minimum Gasteiger partial charge on any atom is -0.465 e. The SMILES string of the molecule is O=C(O)NCCc1cccc(F)c1. The van der Waals surface area contributed by atoms with E-state index in [2.05, 4.69) is 5.32 Å². The molecule has 0 atom stereocenters. The zero-order chi connectivity index (χ0) is 9.68. The Bertz CT molecular complexity index is 301. The van der Waals surface area contributed by atoms with Gasteiger partial charge in [-0.2, -0.15) is 0 Å². The Labute approximate surface area is 75.2 Å². The zero-order valence-electron chi connectivity index (χ0n) is 6.96. The van der Waals surface area contributed by atoms with Gasteiger partial charge in [-0.05, 0) is 24.1 Å². The number of nitrogens with one attached hydrogen (secondary N) is 1. The fraction of sp³-hybridized carbons (Fsp3) is 0.222. The van der Waals surface area contributed by atoms with E-state index in [-0.39, 0.29) is 5.82 Å². The maximum Gasteiger partial charge on any atom is 0.404 e. The van der Waals surface area contributed by atoms with Gasteiger partial charge < -0.3 is 10.4 Å². The molecule has 0 aliphatic carbocycles. The number of hydrogen-bond acceptors (Lipinski definition) is 1. The molecule has 3 nitrogen and oxygen atoms in total. The number of rotatable bonds is 3. The van der Waals surface area contributed by atoms with Crippen molar-refractivity contribution < 1.29 is 14.3 Å². The minimum absolute atomic E-state index is 0.298. The van der Waals surface area contributed by atoms with Gasteiger partial charge >= 0.3 is 6.09 Å². The standard InChI is InChI=1S/C9H10FNO2/c10-8-3-1-2-7(6-8)4-5-11-9(12)13/h1-3,6,11H,4-5H2,(H,12,13). The van der Waals surface area contributed by atoms with E-state index in [0.29, 0.717) is 13.0 Å². The highest BCUT2D eigenvalue weighted by Gasteiger charge is 1.96. The van der Waals surface area contributed by atoms with Gasteiger partial charge in [-0.25, -0.2) is 9.18 Å². The summed E-state index contributed by atoms with van der Waals surface area (Å²) in [5.74, 6) is -0.298. The minimum atomic E-state index is -1.06. The number of hydrogen-bond donors (Lipinski definition) is 2. The molecule has 2 N–H and O–H groups in total. The first kappa shape index (κ1) is 9.51. The highest BCUT2D eigenvalue weighted by atomic mass is 19.1. The predicted octanol–water partition coefficient (Wildman–Crippen LogP) is 1.64. The lowest BCUT2D eigenvalue weighted by Gasteiger charge is -2.00. The summed E-state index contributed by atoms with van der Waals surface area (Å²) >= 11 is 0. The van der Waals surface area contributed by atoms with Crippen molar-refractivity contribution in [1.29, 1.82) is 0 Å². The first-order valence-corrected chi connectivity index (χ1v) is 3.90. The second-order valence-electron chi connectivity index (χ2n) is 2.61. The van der Waals surface area contributed by atoms with Crippen LogP contribution < -0.4 is 5.32 Å². The van der Waals surface area contributed by atoms with Crippen LogP contribution in [0.15, 0.2) is 24.3 Å². The largest absolute Gasteiger partial charge is 0.465 e. The molecule has 0 saturated heterocycles. The lowest BCUT2D eigenvalue weighted by molar-refractivity contribution is 0.194. The third-order valence-corrected chi connectivity index (χ3v) is 1.58. The molecule has 0 aliphatic rings. The summed E-state index contributed by atoms with van der Waals surface area (Å²) in [5.41, 5.74) is 0.786. The third-order valence-electron chi connectivity index (χ3n) is 1.58. The molecule has 1 amide bonds. The molecule has 13 heavy (non-hydrogen) atoms. The van der Waals surface area contributed by atoms with Gasteiger partial charge in [0.15, 0.2) is 0 Å². The maximum absolute atomic E-state index is 12.6. The van der Waals surface area contributed by atoms with Gasteiger partial charge in [0, 0.05) is 6.54 Å². The monoisotopic (exact) mass is 183 g/mol. The van der Waals surface area contributed by atoms with E-state index in [4.69, 9.17) is 5.11 Å². The molecule has 0 unspecified atom stereocenters. The van der Waals surface area contributed by atoms with E-state index in [9.17, 15) is 9.18 Å². The molecule has 0 saturated carbocycles. The summed E-state index contributed by atoms with van der Waals surface area (Å²) in [5, 5.41) is 10.5. The number of carboxylic acid groups (broad SMARTS) is 1. The molecule has 1 aromatic rings. The lowest BCUT2D eigenvalue weighted by atomic mass is 10.1. The summed E-state index contributed by atoms with van der Waals surface area (Å²) in [6.07, 6.45) is -0.555. The highest BCUT2D eigenvalue weighted by Crippen LogP contribution is 2.03. The molecule has 0 aromatic heterocycles. The number of halogens is 1. The third kappa shape index (κ3) is 3.55. The van der Waals surface area contributed by atoms with Crippen molar-refractivity contribution in [3.05, 3.63) is 35.6 Å². The Balaban J connectivity index is 2.41. The van der Waals surface area contributed by atoms with Crippen LogP contribution in [-0.2, 0) is 6.42 Å². The fourth-order valence-corrected chi connectivity index (χ4v) is 1.01. The van der Waals surface area contributed by atoms with Crippen LogP contribution in [0.1, 0.15) is 5.56 Å².